The third-order valence-electron chi connectivity index (χ3n) is 9.60. The number of nitrogens with zero attached hydrogens (tertiary/aromatic N) is 5. The van der Waals surface area contributed by atoms with Gasteiger partial charge in [0.05, 0.1) is 44.4 Å². The number of sulfone groups is 1. The molecule has 11 N–H and O–H groups in total. The van der Waals surface area contributed by atoms with Crippen LogP contribution in [-0.2, 0) is 40.2 Å². The first-order valence-electron chi connectivity index (χ1n) is 19.0. The Morgan fingerprint density at radius 2 is 1.21 bits per heavy atom. The monoisotopic (exact) mass is 981 g/mol. The van der Waals surface area contributed by atoms with Gasteiger partial charge in [-0.3, -0.25) is 13.7 Å². The first-order valence-corrected chi connectivity index (χ1v) is 24.9. The molecule has 0 unspecified atom stereocenters. The molecular formula is C41H43N9O12S4. The number of fused-ring (bicyclic) bond motifs is 1. The Hall–Kier alpha value is -7.00. The summed E-state index contributed by atoms with van der Waals surface area (Å²) in [5, 5.41) is 30.1. The molecule has 6 aromatic carbocycles. The number of rotatable bonds is 14. The Balaban J connectivity index is 0.000000590. The first kappa shape index (κ1) is 50.0. The minimum absolute atomic E-state index is 0.0835. The van der Waals surface area contributed by atoms with Gasteiger partial charge in [0.15, 0.2) is 15.6 Å². The van der Waals surface area contributed by atoms with Crippen molar-refractivity contribution < 1.29 is 52.4 Å². The lowest BCUT2D eigenvalue weighted by Crippen LogP contribution is -2.21. The molecule has 0 bridgehead atoms. The van der Waals surface area contributed by atoms with Crippen LogP contribution in [0.2, 0.25) is 0 Å². The van der Waals surface area contributed by atoms with Gasteiger partial charge in [0.2, 0.25) is 0 Å². The maximum atomic E-state index is 12.4. The lowest BCUT2D eigenvalue weighted by molar-refractivity contribution is 0.472. The molecule has 0 saturated heterocycles. The summed E-state index contributed by atoms with van der Waals surface area (Å²) in [5.74, 6) is -1.01. The van der Waals surface area contributed by atoms with Crippen LogP contribution >= 0.6 is 0 Å². The van der Waals surface area contributed by atoms with E-state index in [0.717, 1.165) is 41.9 Å². The summed E-state index contributed by atoms with van der Waals surface area (Å²) in [7, 11) is -18.3. The van der Waals surface area contributed by atoms with Gasteiger partial charge in [0.25, 0.3) is 30.4 Å². The number of phenols is 1. The molecule has 0 aliphatic rings. The Morgan fingerprint density at radius 3 is 1.76 bits per heavy atom. The molecular weight excluding hydrogens is 939 g/mol. The second kappa shape index (κ2) is 19.6. The van der Waals surface area contributed by atoms with Crippen LogP contribution in [-0.4, -0.2) is 65.5 Å². The fourth-order valence-electron chi connectivity index (χ4n) is 6.21. The molecule has 0 heterocycles. The highest BCUT2D eigenvalue weighted by molar-refractivity contribution is 7.94. The van der Waals surface area contributed by atoms with E-state index < -0.39 is 83.1 Å². The van der Waals surface area contributed by atoms with E-state index in [-0.39, 0.29) is 21.7 Å². The highest BCUT2D eigenvalue weighted by atomic mass is 32.2. The molecule has 0 spiro atoms. The van der Waals surface area contributed by atoms with E-state index in [1.165, 1.54) is 36.4 Å². The van der Waals surface area contributed by atoms with Gasteiger partial charge in [-0.15, -0.1) is 5.11 Å². The molecule has 0 saturated carbocycles. The van der Waals surface area contributed by atoms with Gasteiger partial charge in [0.1, 0.15) is 20.4 Å². The SMILES string of the molecule is C=CS(=O)(=O)c1ccc(N)cc1.CCN(CC)c1ccc(N=Nc2ccc(Nc3ccc(N=Nc4c(S(=O)(=O)O)cc5cc(S(=O)(=O)O)c(N)c(N)c5c4O)cc3S(=O)(=O)O)cc2)c(C)c1. The Labute approximate surface area is 380 Å². The summed E-state index contributed by atoms with van der Waals surface area (Å²) < 4.78 is 125. The van der Waals surface area contributed by atoms with Gasteiger partial charge in [-0.05, 0) is 129 Å². The summed E-state index contributed by atoms with van der Waals surface area (Å²) in [6.45, 7) is 11.1. The van der Waals surface area contributed by atoms with Crippen LogP contribution in [0.25, 0.3) is 10.8 Å². The van der Waals surface area contributed by atoms with E-state index in [1.54, 1.807) is 24.3 Å². The number of azo groups is 2. The second-order valence-corrected chi connectivity index (χ2v) is 20.0. The van der Waals surface area contributed by atoms with Crippen LogP contribution in [0.15, 0.2) is 149 Å². The number of benzene rings is 6. The van der Waals surface area contributed by atoms with Crippen molar-refractivity contribution in [1.29, 1.82) is 0 Å². The van der Waals surface area contributed by atoms with Gasteiger partial charge in [-0.25, -0.2) is 8.42 Å². The van der Waals surface area contributed by atoms with Crippen molar-refractivity contribution in [3.05, 3.63) is 115 Å². The first-order chi connectivity index (χ1) is 30.8. The van der Waals surface area contributed by atoms with Gasteiger partial charge in [-0.2, -0.15) is 40.6 Å². The molecule has 0 aliphatic heterocycles. The number of hydrogen-bond acceptors (Lipinski definition) is 18. The van der Waals surface area contributed by atoms with Crippen LogP contribution in [0, 0.1) is 6.92 Å². The van der Waals surface area contributed by atoms with Gasteiger partial charge >= 0.3 is 0 Å². The van der Waals surface area contributed by atoms with Crippen molar-refractivity contribution in [2.75, 3.05) is 40.5 Å². The average molecular weight is 982 g/mol. The van der Waals surface area contributed by atoms with Crippen molar-refractivity contribution in [3.63, 3.8) is 0 Å². The molecule has 0 aromatic heterocycles. The molecule has 0 fully saturated rings. The lowest BCUT2D eigenvalue weighted by Gasteiger charge is -2.21. The van der Waals surface area contributed by atoms with Crippen molar-refractivity contribution >= 4 is 108 Å². The number of nitrogen functional groups attached to an aromatic ring is 3. The molecule has 0 amide bonds. The topological polar surface area (TPSA) is 360 Å². The van der Waals surface area contributed by atoms with E-state index in [9.17, 15) is 52.4 Å². The van der Waals surface area contributed by atoms with E-state index >= 15 is 0 Å². The van der Waals surface area contributed by atoms with E-state index in [2.05, 4.69) is 51.1 Å². The van der Waals surface area contributed by atoms with Crippen LogP contribution in [0.5, 0.6) is 5.75 Å². The Bertz CT molecular complexity index is 3370. The number of aryl methyl sites for hydroxylation is 1. The molecule has 0 atom stereocenters. The maximum absolute atomic E-state index is 12.4. The van der Waals surface area contributed by atoms with Crippen LogP contribution < -0.4 is 27.4 Å². The van der Waals surface area contributed by atoms with Crippen molar-refractivity contribution in [1.82, 2.24) is 0 Å². The quantitative estimate of drug-likeness (QED) is 0.0288. The number of phenolic OH excluding ortho intramolecular Hbond substituents is 1. The molecule has 6 rings (SSSR count). The third kappa shape index (κ3) is 11.6. The van der Waals surface area contributed by atoms with Crippen molar-refractivity contribution in [2.45, 2.75) is 40.4 Å². The summed E-state index contributed by atoms with van der Waals surface area (Å²) in [6.07, 6.45) is 0. The van der Waals surface area contributed by atoms with E-state index in [1.807, 2.05) is 25.1 Å². The summed E-state index contributed by atoms with van der Waals surface area (Å²) >= 11 is 0. The largest absolute Gasteiger partial charge is 0.505 e. The minimum atomic E-state index is -5.18. The molecule has 6 aromatic rings. The zero-order chi connectivity index (χ0) is 48.9. The standard InChI is InChI=1S/C33H34N8O10S3.C8H9NO2S/c1-4-41(5-2)23-11-13-24(18(3)14-23)39-37-21-8-6-20(7-9-21)36-25-12-10-22(17-26(25)52(43,44)45)38-40-32-28(54(49,50)51)16-19-15-27(53(46,47)48)30(34)31(35)29(19)33(32)42;1-2-12(10,11)8-5-3-7(9)4-6-8/h6-17,36,42H,4-5,34-35H2,1-3H3,(H,43,44,45)(H,46,47,48)(H,49,50,51);2-6H,1,9H2. The number of aromatic hydroxyl groups is 1. The highest BCUT2D eigenvalue weighted by Crippen LogP contribution is 2.46. The summed E-state index contributed by atoms with van der Waals surface area (Å²) in [5.41, 5.74) is 18.7. The smallest absolute Gasteiger partial charge is 0.296 e. The Morgan fingerprint density at radius 1 is 0.652 bits per heavy atom. The van der Waals surface area contributed by atoms with Crippen molar-refractivity contribution in [3.8, 4) is 5.75 Å². The maximum Gasteiger partial charge on any atom is 0.296 e. The predicted molar refractivity (Wildman–Crippen MR) is 251 cm³/mol. The molecule has 25 heteroatoms. The average Bonchev–Trinajstić information content (AvgIpc) is 3.24. The fraction of sp³-hybridized carbons (Fsp3) is 0.122. The van der Waals surface area contributed by atoms with E-state index in [0.29, 0.717) is 28.8 Å². The lowest BCUT2D eigenvalue weighted by atomic mass is 10.1. The summed E-state index contributed by atoms with van der Waals surface area (Å²) in [4.78, 5) is -0.168. The summed E-state index contributed by atoms with van der Waals surface area (Å²) in [6, 6.07) is 23.1. The molecule has 348 valence electrons. The Kier molecular flexibility index (Phi) is 14.9. The van der Waals surface area contributed by atoms with Crippen LogP contribution in [0.3, 0.4) is 0 Å². The fourth-order valence-corrected chi connectivity index (χ4v) is 8.91. The van der Waals surface area contributed by atoms with Gasteiger partial charge in [0, 0.05) is 35.6 Å². The zero-order valence-corrected chi connectivity index (χ0v) is 38.4. The predicted octanol–water partition coefficient (Wildman–Crippen LogP) is 8.36. The van der Waals surface area contributed by atoms with E-state index in [4.69, 9.17) is 17.2 Å². The number of anilines is 6. The van der Waals surface area contributed by atoms with Crippen molar-refractivity contribution in [2.24, 2.45) is 20.5 Å². The normalized spacial score (nSPS) is 12.3. The molecule has 66 heavy (non-hydrogen) atoms. The van der Waals surface area contributed by atoms with Gasteiger partial charge in [-0.1, -0.05) is 6.58 Å². The van der Waals surface area contributed by atoms with Crippen LogP contribution in [0.1, 0.15) is 19.4 Å². The third-order valence-corrected chi connectivity index (χ3v) is 13.6. The molecule has 0 radical (unpaired) electrons. The number of nitrogens with one attached hydrogen (secondary N) is 1. The molecule has 0 aliphatic carbocycles. The zero-order valence-electron chi connectivity index (χ0n) is 35.1. The number of hydrogen-bond donors (Lipinski definition) is 8. The number of nitrogens with two attached hydrogens (primary N) is 3. The minimum Gasteiger partial charge on any atom is -0.505 e. The molecule has 21 nitrogen and oxygen atoms in total. The second-order valence-electron chi connectivity index (χ2n) is 14.0. The highest BCUT2D eigenvalue weighted by Gasteiger charge is 2.27. The van der Waals surface area contributed by atoms with Crippen LogP contribution in [0.4, 0.5) is 56.9 Å². The van der Waals surface area contributed by atoms with Gasteiger partial charge < -0.3 is 32.5 Å².